The predicted octanol–water partition coefficient (Wildman–Crippen LogP) is 7.19. The van der Waals surface area contributed by atoms with Crippen LogP contribution in [0.25, 0.3) is 0 Å². The monoisotopic (exact) mass is 427 g/mol. The number of hydrogen-bond donors (Lipinski definition) is 0. The Labute approximate surface area is 159 Å². The van der Waals surface area contributed by atoms with E-state index in [9.17, 15) is 0 Å². The second kappa shape index (κ2) is 10.1. The summed E-state index contributed by atoms with van der Waals surface area (Å²) in [6.45, 7) is 4.26. The number of hydrogen-bond acceptors (Lipinski definition) is 0. The van der Waals surface area contributed by atoms with Gasteiger partial charge in [0.25, 0.3) is 0 Å². The molecule has 0 aromatic heterocycles. The van der Waals surface area contributed by atoms with Crippen LogP contribution in [0.1, 0.15) is 96.3 Å². The quantitative estimate of drug-likeness (QED) is 0.247. The standard InChI is InChI=1S/C21H38P.Pd/c1-2-18-22(19-12-6-3-7-13-19,20-14-8-4-9-15-20)21-16-10-5-11-17-21;/h2,19-21H,1,3-18H2;/q+1;. The fourth-order valence-electron chi connectivity index (χ4n) is 6.25. The van der Waals surface area contributed by atoms with Gasteiger partial charge in [-0.25, -0.2) is 0 Å². The van der Waals surface area contributed by atoms with Crippen LogP contribution < -0.4 is 0 Å². The maximum atomic E-state index is 4.26. The van der Waals surface area contributed by atoms with Crippen LogP contribution in [0.15, 0.2) is 12.7 Å². The summed E-state index contributed by atoms with van der Waals surface area (Å²) in [5.74, 6) is 0. The SMILES string of the molecule is C=CC[P+](C1CCCCC1)(C1CCCCC1)C1CCCCC1.[Pd]. The zero-order valence-electron chi connectivity index (χ0n) is 15.1. The Bertz CT molecular complexity index is 290. The van der Waals surface area contributed by atoms with E-state index in [0.717, 1.165) is 17.0 Å². The van der Waals surface area contributed by atoms with Gasteiger partial charge in [-0.2, -0.15) is 0 Å². The van der Waals surface area contributed by atoms with E-state index in [1.54, 1.807) is 38.5 Å². The molecule has 0 aromatic rings. The van der Waals surface area contributed by atoms with E-state index in [4.69, 9.17) is 0 Å². The Hall–Kier alpha value is 0.832. The minimum Gasteiger partial charge on any atom is -0.0995 e. The van der Waals surface area contributed by atoms with Gasteiger partial charge in [0.2, 0.25) is 0 Å². The van der Waals surface area contributed by atoms with E-state index in [1.807, 2.05) is 0 Å². The van der Waals surface area contributed by atoms with Gasteiger partial charge in [-0.05, 0) is 77.0 Å². The summed E-state index contributed by atoms with van der Waals surface area (Å²) < 4.78 is 0. The molecule has 0 spiro atoms. The van der Waals surface area contributed by atoms with Gasteiger partial charge in [0.1, 0.15) is 0 Å². The summed E-state index contributed by atoms with van der Waals surface area (Å²) in [4.78, 5) is 0. The van der Waals surface area contributed by atoms with Crippen LogP contribution in [0.5, 0.6) is 0 Å². The van der Waals surface area contributed by atoms with Gasteiger partial charge in [-0.1, -0.05) is 31.9 Å². The van der Waals surface area contributed by atoms with Crippen molar-refractivity contribution in [3.05, 3.63) is 12.7 Å². The first-order valence-corrected chi connectivity index (χ1v) is 12.5. The first-order chi connectivity index (χ1) is 10.9. The van der Waals surface area contributed by atoms with Crippen LogP contribution in [-0.4, -0.2) is 23.1 Å². The molecule has 0 radical (unpaired) electrons. The van der Waals surface area contributed by atoms with E-state index in [-0.39, 0.29) is 20.4 Å². The summed E-state index contributed by atoms with van der Waals surface area (Å²) in [5.41, 5.74) is 3.39. The molecule has 0 saturated heterocycles. The molecule has 0 aromatic carbocycles. The molecule has 136 valence electrons. The summed E-state index contributed by atoms with van der Waals surface area (Å²) in [5, 5.41) is 0. The number of allylic oxidation sites excluding steroid dienone is 1. The average molecular weight is 428 g/mol. The Morgan fingerprint density at radius 1 is 0.609 bits per heavy atom. The van der Waals surface area contributed by atoms with Crippen molar-refractivity contribution in [2.75, 3.05) is 6.16 Å². The normalized spacial score (nSPS) is 25.7. The zero-order valence-corrected chi connectivity index (χ0v) is 17.5. The van der Waals surface area contributed by atoms with E-state index in [2.05, 4.69) is 12.7 Å². The molecule has 0 aliphatic heterocycles. The fourth-order valence-corrected chi connectivity index (χ4v) is 13.4. The Kier molecular flexibility index (Phi) is 8.84. The zero-order chi connectivity index (χ0) is 15.3. The van der Waals surface area contributed by atoms with Gasteiger partial charge in [-0.3, -0.25) is 0 Å². The van der Waals surface area contributed by atoms with Crippen molar-refractivity contribution in [3.63, 3.8) is 0 Å². The molecule has 3 saturated carbocycles. The van der Waals surface area contributed by atoms with Crippen LogP contribution in [0, 0.1) is 0 Å². The second-order valence-corrected chi connectivity index (χ2v) is 12.9. The molecule has 0 unspecified atom stereocenters. The van der Waals surface area contributed by atoms with Crippen molar-refractivity contribution >= 4 is 7.26 Å². The molecule has 23 heavy (non-hydrogen) atoms. The number of rotatable bonds is 5. The van der Waals surface area contributed by atoms with Crippen LogP contribution >= 0.6 is 7.26 Å². The van der Waals surface area contributed by atoms with Crippen molar-refractivity contribution in [1.82, 2.24) is 0 Å². The van der Waals surface area contributed by atoms with Crippen LogP contribution in [0.4, 0.5) is 0 Å². The smallest absolute Gasteiger partial charge is 0.0779 e. The molecule has 0 heterocycles. The molecular weight excluding hydrogens is 390 g/mol. The molecule has 3 fully saturated rings. The van der Waals surface area contributed by atoms with Crippen LogP contribution in [-0.2, 0) is 20.4 Å². The Morgan fingerprint density at radius 2 is 0.913 bits per heavy atom. The van der Waals surface area contributed by atoms with Gasteiger partial charge in [-0.15, -0.1) is 0 Å². The Balaban J connectivity index is 0.00000192. The van der Waals surface area contributed by atoms with Crippen molar-refractivity contribution in [3.8, 4) is 0 Å². The summed E-state index contributed by atoms with van der Waals surface area (Å²) >= 11 is 0. The van der Waals surface area contributed by atoms with Crippen molar-refractivity contribution in [2.45, 2.75) is 113 Å². The molecule has 0 N–H and O–H groups in total. The summed E-state index contributed by atoms with van der Waals surface area (Å²) in [6.07, 6.45) is 27.0. The van der Waals surface area contributed by atoms with Crippen LogP contribution in [0.3, 0.4) is 0 Å². The molecule has 3 rings (SSSR count). The minimum atomic E-state index is -0.840. The van der Waals surface area contributed by atoms with E-state index >= 15 is 0 Å². The van der Waals surface area contributed by atoms with Crippen molar-refractivity contribution < 1.29 is 20.4 Å². The van der Waals surface area contributed by atoms with Crippen LogP contribution in [0.2, 0.25) is 0 Å². The minimum absolute atomic E-state index is 0. The first kappa shape index (κ1) is 20.1. The molecular formula is C21H38PPd+. The Morgan fingerprint density at radius 3 is 1.17 bits per heavy atom. The maximum absolute atomic E-state index is 4.26. The summed E-state index contributed by atoms with van der Waals surface area (Å²) in [7, 11) is -0.840. The van der Waals surface area contributed by atoms with E-state index < -0.39 is 7.26 Å². The molecule has 2 heteroatoms. The van der Waals surface area contributed by atoms with Gasteiger partial charge in [0.05, 0.1) is 23.1 Å². The molecule has 3 aliphatic rings. The van der Waals surface area contributed by atoms with Crippen molar-refractivity contribution in [2.24, 2.45) is 0 Å². The first-order valence-electron chi connectivity index (χ1n) is 10.4. The van der Waals surface area contributed by atoms with E-state index in [1.165, 1.54) is 63.9 Å². The molecule has 0 atom stereocenters. The second-order valence-electron chi connectivity index (χ2n) is 8.34. The predicted molar refractivity (Wildman–Crippen MR) is 103 cm³/mol. The van der Waals surface area contributed by atoms with E-state index in [0.29, 0.717) is 0 Å². The van der Waals surface area contributed by atoms with Gasteiger partial charge < -0.3 is 0 Å². The maximum Gasteiger partial charge on any atom is 0.0779 e. The average Bonchev–Trinajstić information content (AvgIpc) is 2.62. The molecule has 0 nitrogen and oxygen atoms in total. The van der Waals surface area contributed by atoms with Gasteiger partial charge >= 0.3 is 0 Å². The molecule has 0 bridgehead atoms. The third-order valence-electron chi connectivity index (χ3n) is 7.21. The topological polar surface area (TPSA) is 0 Å². The fraction of sp³-hybridized carbons (Fsp3) is 0.905. The molecule has 0 amide bonds. The largest absolute Gasteiger partial charge is 0.0995 e. The molecule has 3 aliphatic carbocycles. The van der Waals surface area contributed by atoms with Gasteiger partial charge in [0.15, 0.2) is 0 Å². The van der Waals surface area contributed by atoms with Gasteiger partial charge in [0, 0.05) is 27.7 Å². The van der Waals surface area contributed by atoms with Crippen molar-refractivity contribution in [1.29, 1.82) is 0 Å². The third-order valence-corrected chi connectivity index (χ3v) is 13.7. The third kappa shape index (κ3) is 4.52. The summed E-state index contributed by atoms with van der Waals surface area (Å²) in [6, 6.07) is 0.